The van der Waals surface area contributed by atoms with Crippen molar-refractivity contribution in [2.24, 2.45) is 17.8 Å². The second kappa shape index (κ2) is 57.2. The Balaban J connectivity index is 5.25. The van der Waals surface area contributed by atoms with E-state index in [2.05, 4.69) is 48.5 Å². The molecular formula is C66H128O17P2. The predicted molar refractivity (Wildman–Crippen MR) is 340 cm³/mol. The van der Waals surface area contributed by atoms with Crippen LogP contribution < -0.4 is 0 Å². The monoisotopic (exact) mass is 1250 g/mol. The molecule has 19 heteroatoms. The van der Waals surface area contributed by atoms with Gasteiger partial charge in [0.1, 0.15) is 19.3 Å². The van der Waals surface area contributed by atoms with Crippen LogP contribution in [0.4, 0.5) is 0 Å². The lowest BCUT2D eigenvalue weighted by Crippen LogP contribution is -2.30. The molecule has 3 N–H and O–H groups in total. The first-order valence-corrected chi connectivity index (χ1v) is 37.3. The Morgan fingerprint density at radius 1 is 0.318 bits per heavy atom. The highest BCUT2D eigenvalue weighted by Crippen LogP contribution is 2.45. The van der Waals surface area contributed by atoms with E-state index in [1.807, 2.05) is 0 Å². The Kier molecular flexibility index (Phi) is 55.9. The molecule has 0 aliphatic rings. The van der Waals surface area contributed by atoms with E-state index >= 15 is 0 Å². The van der Waals surface area contributed by atoms with Crippen LogP contribution in [-0.2, 0) is 65.4 Å². The number of hydrogen-bond acceptors (Lipinski definition) is 15. The van der Waals surface area contributed by atoms with Crippen molar-refractivity contribution in [3.05, 3.63) is 0 Å². The number of aliphatic hydroxyl groups excluding tert-OH is 1. The maximum Gasteiger partial charge on any atom is 0.472 e. The first-order chi connectivity index (χ1) is 40.7. The van der Waals surface area contributed by atoms with Crippen molar-refractivity contribution in [2.75, 3.05) is 39.6 Å². The van der Waals surface area contributed by atoms with Crippen LogP contribution in [0.1, 0.15) is 325 Å². The number of esters is 4. The quantitative estimate of drug-likeness (QED) is 0.0222. The highest BCUT2D eigenvalue weighted by atomic mass is 31.2. The highest BCUT2D eigenvalue weighted by molar-refractivity contribution is 7.47. The largest absolute Gasteiger partial charge is 0.472 e. The molecule has 0 amide bonds. The van der Waals surface area contributed by atoms with Crippen LogP contribution in [0.15, 0.2) is 0 Å². The zero-order valence-electron chi connectivity index (χ0n) is 55.1. The fourth-order valence-electron chi connectivity index (χ4n) is 9.83. The maximum atomic E-state index is 13.0. The summed E-state index contributed by atoms with van der Waals surface area (Å²) in [6, 6.07) is 0. The fourth-order valence-corrected chi connectivity index (χ4v) is 11.4. The van der Waals surface area contributed by atoms with Gasteiger partial charge in [0.15, 0.2) is 12.2 Å². The maximum absolute atomic E-state index is 13.0. The van der Waals surface area contributed by atoms with Gasteiger partial charge >= 0.3 is 39.5 Å². The predicted octanol–water partition coefficient (Wildman–Crippen LogP) is 18.3. The second-order valence-corrected chi connectivity index (χ2v) is 28.2. The minimum absolute atomic E-state index is 0.104. The van der Waals surface area contributed by atoms with Crippen molar-refractivity contribution in [3.8, 4) is 0 Å². The van der Waals surface area contributed by atoms with E-state index in [0.29, 0.717) is 31.6 Å². The summed E-state index contributed by atoms with van der Waals surface area (Å²) in [4.78, 5) is 72.3. The smallest absolute Gasteiger partial charge is 0.462 e. The molecule has 5 atom stereocenters. The number of phosphoric acid groups is 2. The molecule has 0 radical (unpaired) electrons. The molecule has 504 valence electrons. The van der Waals surface area contributed by atoms with Crippen LogP contribution >= 0.6 is 15.6 Å². The number of aliphatic hydroxyl groups is 1. The zero-order valence-corrected chi connectivity index (χ0v) is 56.9. The molecule has 0 aromatic carbocycles. The summed E-state index contributed by atoms with van der Waals surface area (Å²) in [5.74, 6) is 0.0526. The number of unbranched alkanes of at least 4 members (excludes halogenated alkanes) is 32. The summed E-state index contributed by atoms with van der Waals surface area (Å²) in [5.41, 5.74) is 0. The molecule has 2 unspecified atom stereocenters. The molecule has 0 saturated carbocycles. The Labute approximate surface area is 517 Å². The molecule has 0 bridgehead atoms. The molecule has 0 aromatic heterocycles. The van der Waals surface area contributed by atoms with Gasteiger partial charge in [-0.25, -0.2) is 9.13 Å². The van der Waals surface area contributed by atoms with Gasteiger partial charge in [-0.3, -0.25) is 37.3 Å². The molecule has 17 nitrogen and oxygen atoms in total. The van der Waals surface area contributed by atoms with E-state index in [-0.39, 0.29) is 25.7 Å². The lowest BCUT2D eigenvalue weighted by Gasteiger charge is -2.21. The average Bonchev–Trinajstić information content (AvgIpc) is 3.60. The summed E-state index contributed by atoms with van der Waals surface area (Å²) >= 11 is 0. The molecule has 0 aliphatic carbocycles. The molecule has 0 fully saturated rings. The summed E-state index contributed by atoms with van der Waals surface area (Å²) in [6.07, 6.45) is 39.0. The Bertz CT molecular complexity index is 1680. The third-order valence-electron chi connectivity index (χ3n) is 15.1. The van der Waals surface area contributed by atoms with Crippen molar-refractivity contribution in [2.45, 2.75) is 343 Å². The molecule has 85 heavy (non-hydrogen) atoms. The molecule has 0 aromatic rings. The number of hydrogen-bond donors (Lipinski definition) is 3. The van der Waals surface area contributed by atoms with Crippen molar-refractivity contribution in [1.82, 2.24) is 0 Å². The van der Waals surface area contributed by atoms with Crippen molar-refractivity contribution in [3.63, 3.8) is 0 Å². The third-order valence-corrected chi connectivity index (χ3v) is 17.0. The van der Waals surface area contributed by atoms with E-state index in [1.165, 1.54) is 128 Å². The van der Waals surface area contributed by atoms with Crippen molar-refractivity contribution in [1.29, 1.82) is 0 Å². The van der Waals surface area contributed by atoms with Gasteiger partial charge < -0.3 is 33.8 Å². The van der Waals surface area contributed by atoms with Crippen molar-refractivity contribution < 1.29 is 80.2 Å². The van der Waals surface area contributed by atoms with Crippen LogP contribution in [0.25, 0.3) is 0 Å². The van der Waals surface area contributed by atoms with Gasteiger partial charge in [-0.1, -0.05) is 273 Å². The Morgan fingerprint density at radius 2 is 0.541 bits per heavy atom. The Morgan fingerprint density at radius 3 is 0.800 bits per heavy atom. The van der Waals surface area contributed by atoms with E-state index in [0.717, 1.165) is 108 Å². The minimum atomic E-state index is -4.95. The van der Waals surface area contributed by atoms with E-state index in [4.69, 9.17) is 37.0 Å². The number of carbonyl (C=O) groups excluding carboxylic acids is 4. The summed E-state index contributed by atoms with van der Waals surface area (Å²) < 4.78 is 68.1. The highest BCUT2D eigenvalue weighted by Gasteiger charge is 2.30. The SMILES string of the molecule is CCCCCCCCCCCCCC(=O)O[C@H](COC(=O)CCCCCCCCCC(C)C)COP(=O)(O)OC[C@H](O)COP(=O)(O)OC[C@@H](COC(=O)CCCCCCCCCCCC(C)C)OC(=O)CCCCCCCCCCCC(C)C. The Hall–Kier alpha value is -1.94. The van der Waals surface area contributed by atoms with E-state index in [1.54, 1.807) is 0 Å². The van der Waals surface area contributed by atoms with Crippen LogP contribution in [0.3, 0.4) is 0 Å². The number of phosphoric ester groups is 2. The summed E-state index contributed by atoms with van der Waals surface area (Å²) in [7, 11) is -9.89. The summed E-state index contributed by atoms with van der Waals surface area (Å²) in [5, 5.41) is 10.6. The molecule has 0 spiro atoms. The van der Waals surface area contributed by atoms with Crippen LogP contribution in [0, 0.1) is 17.8 Å². The summed E-state index contributed by atoms with van der Waals surface area (Å²) in [6.45, 7) is 11.7. The number of ether oxygens (including phenoxy) is 4. The topological polar surface area (TPSA) is 237 Å². The van der Waals surface area contributed by atoms with Crippen LogP contribution in [-0.4, -0.2) is 96.7 Å². The molecule has 0 rings (SSSR count). The lowest BCUT2D eigenvalue weighted by atomic mass is 10.0. The van der Waals surface area contributed by atoms with Gasteiger partial charge in [-0.15, -0.1) is 0 Å². The van der Waals surface area contributed by atoms with Gasteiger partial charge in [0.2, 0.25) is 0 Å². The zero-order chi connectivity index (χ0) is 63.1. The molecule has 0 aliphatic heterocycles. The first-order valence-electron chi connectivity index (χ1n) is 34.3. The number of rotatable bonds is 64. The van der Waals surface area contributed by atoms with Crippen LogP contribution in [0.2, 0.25) is 0 Å². The standard InChI is InChI=1S/C66H128O17P2/c1-8-9-10-11-12-13-14-19-27-35-42-49-65(70)82-62(54-77-64(69)48-41-34-29-22-25-32-39-46-59(6)7)56-81-85(74,75)79-52-60(67)51-78-84(72,73)80-55-61(83-66(71)50-43-36-28-21-16-18-24-31-38-45-58(4)5)53-76-63(68)47-40-33-26-20-15-17-23-30-37-44-57(2)3/h57-62,67H,8-56H2,1-7H3,(H,72,73)(H,74,75)/t60-,61-,62-/m1/s1. The van der Waals surface area contributed by atoms with Gasteiger partial charge in [0.25, 0.3) is 0 Å². The average molecular weight is 1260 g/mol. The van der Waals surface area contributed by atoms with E-state index < -0.39 is 97.5 Å². The minimum Gasteiger partial charge on any atom is -0.462 e. The second-order valence-electron chi connectivity index (χ2n) is 25.3. The first kappa shape index (κ1) is 83.1. The normalized spacial score (nSPS) is 14.3. The molecule has 0 heterocycles. The molecule has 0 saturated heterocycles. The van der Waals surface area contributed by atoms with Gasteiger partial charge in [0, 0.05) is 25.7 Å². The fraction of sp³-hybridized carbons (Fsp3) is 0.939. The van der Waals surface area contributed by atoms with Gasteiger partial charge in [0.05, 0.1) is 26.4 Å². The van der Waals surface area contributed by atoms with Crippen molar-refractivity contribution >= 4 is 39.5 Å². The molecular weight excluding hydrogens is 1130 g/mol. The van der Waals surface area contributed by atoms with Gasteiger partial charge in [-0.05, 0) is 43.4 Å². The third kappa shape index (κ3) is 60.7. The lowest BCUT2D eigenvalue weighted by molar-refractivity contribution is -0.161. The van der Waals surface area contributed by atoms with E-state index in [9.17, 15) is 43.2 Å². The number of carbonyl (C=O) groups is 4. The van der Waals surface area contributed by atoms with Crippen LogP contribution in [0.5, 0.6) is 0 Å². The van der Waals surface area contributed by atoms with Gasteiger partial charge in [-0.2, -0.15) is 0 Å².